The van der Waals surface area contributed by atoms with Crippen molar-refractivity contribution in [2.75, 3.05) is 5.32 Å². The highest BCUT2D eigenvalue weighted by atomic mass is 19.4. The van der Waals surface area contributed by atoms with Crippen LogP contribution in [0.1, 0.15) is 16.1 Å². The lowest BCUT2D eigenvalue weighted by molar-refractivity contribution is -0.137. The number of hydrogen-bond donors (Lipinski definition) is 1. The van der Waals surface area contributed by atoms with Crippen LogP contribution in [0.4, 0.5) is 18.9 Å². The summed E-state index contributed by atoms with van der Waals surface area (Å²) < 4.78 is 50.5. The van der Waals surface area contributed by atoms with Gasteiger partial charge in [0.2, 0.25) is 0 Å². The van der Waals surface area contributed by atoms with Crippen molar-refractivity contribution < 1.29 is 26.8 Å². The van der Waals surface area contributed by atoms with Gasteiger partial charge in [-0.3, -0.25) is 9.59 Å². The second-order valence-corrected chi connectivity index (χ2v) is 6.03. The zero-order chi connectivity index (χ0) is 20.6. The van der Waals surface area contributed by atoms with Gasteiger partial charge in [0.15, 0.2) is 23.1 Å². The van der Waals surface area contributed by atoms with E-state index in [0.717, 1.165) is 24.8 Å². The Morgan fingerprint density at radius 2 is 1.86 bits per heavy atom. The first-order chi connectivity index (χ1) is 13.8. The molecule has 4 aromatic rings. The molecule has 0 atom stereocenters. The lowest BCUT2D eigenvalue weighted by atomic mass is 10.0. The number of hydrogen-bond acceptors (Lipinski definition) is 5. The summed E-state index contributed by atoms with van der Waals surface area (Å²) in [5.74, 6) is -0.895. The Labute approximate surface area is 160 Å². The molecule has 146 valence electrons. The second-order valence-electron chi connectivity index (χ2n) is 6.03. The maximum atomic E-state index is 13.4. The summed E-state index contributed by atoms with van der Waals surface area (Å²) in [4.78, 5) is 28.5. The first kappa shape index (κ1) is 18.5. The maximum absolute atomic E-state index is 13.4. The number of carbonyl (C=O) groups excluding carboxylic acids is 1. The van der Waals surface area contributed by atoms with Crippen molar-refractivity contribution in [3.63, 3.8) is 0 Å². The van der Waals surface area contributed by atoms with Gasteiger partial charge in [-0.15, -0.1) is 0 Å². The third kappa shape index (κ3) is 3.49. The Hall–Kier alpha value is -3.88. The SMILES string of the molecule is O=C(Nc1cccc2c(=O)cc(-c3ccccc3C(F)(F)F)oc12)c1cocn1. The molecule has 0 saturated heterocycles. The highest BCUT2D eigenvalue weighted by Crippen LogP contribution is 2.37. The zero-order valence-electron chi connectivity index (χ0n) is 14.5. The van der Waals surface area contributed by atoms with Gasteiger partial charge in [-0.2, -0.15) is 13.2 Å². The van der Waals surface area contributed by atoms with Crippen molar-refractivity contribution in [1.29, 1.82) is 0 Å². The molecular formula is C20H11F3N2O4. The summed E-state index contributed by atoms with van der Waals surface area (Å²) in [6.45, 7) is 0. The van der Waals surface area contributed by atoms with Crippen molar-refractivity contribution in [1.82, 2.24) is 4.98 Å². The van der Waals surface area contributed by atoms with E-state index in [1.54, 1.807) is 0 Å². The minimum atomic E-state index is -4.63. The summed E-state index contributed by atoms with van der Waals surface area (Å²) in [5.41, 5.74) is -1.72. The van der Waals surface area contributed by atoms with E-state index in [2.05, 4.69) is 10.3 Å². The monoisotopic (exact) mass is 400 g/mol. The zero-order valence-corrected chi connectivity index (χ0v) is 14.5. The highest BCUT2D eigenvalue weighted by molar-refractivity contribution is 6.06. The van der Waals surface area contributed by atoms with E-state index in [0.29, 0.717) is 0 Å². The summed E-state index contributed by atoms with van der Waals surface area (Å²) >= 11 is 0. The average Bonchev–Trinajstić information content (AvgIpc) is 3.23. The Morgan fingerprint density at radius 3 is 2.59 bits per heavy atom. The van der Waals surface area contributed by atoms with Crippen LogP contribution in [0.3, 0.4) is 0 Å². The first-order valence-corrected chi connectivity index (χ1v) is 8.27. The molecule has 0 aliphatic heterocycles. The molecule has 4 rings (SSSR count). The number of halogens is 3. The van der Waals surface area contributed by atoms with Gasteiger partial charge in [0.1, 0.15) is 12.0 Å². The molecule has 0 fully saturated rings. The number of benzene rings is 2. The van der Waals surface area contributed by atoms with Gasteiger partial charge in [0, 0.05) is 11.6 Å². The predicted molar refractivity (Wildman–Crippen MR) is 97.4 cm³/mol. The molecule has 0 aliphatic rings. The molecule has 0 unspecified atom stereocenters. The molecule has 0 radical (unpaired) electrons. The average molecular weight is 400 g/mol. The van der Waals surface area contributed by atoms with Gasteiger partial charge in [-0.25, -0.2) is 4.98 Å². The van der Waals surface area contributed by atoms with E-state index in [4.69, 9.17) is 8.83 Å². The van der Waals surface area contributed by atoms with E-state index < -0.39 is 23.1 Å². The third-order valence-electron chi connectivity index (χ3n) is 4.17. The number of nitrogens with one attached hydrogen (secondary N) is 1. The largest absolute Gasteiger partial charge is 0.454 e. The van der Waals surface area contributed by atoms with Crippen molar-refractivity contribution in [2.24, 2.45) is 0 Å². The van der Waals surface area contributed by atoms with Gasteiger partial charge in [-0.1, -0.05) is 24.3 Å². The Bertz CT molecular complexity index is 1260. The molecule has 2 heterocycles. The van der Waals surface area contributed by atoms with Gasteiger partial charge in [0.25, 0.3) is 5.91 Å². The van der Waals surface area contributed by atoms with Crippen LogP contribution >= 0.6 is 0 Å². The molecule has 1 amide bonds. The summed E-state index contributed by atoms with van der Waals surface area (Å²) in [6.07, 6.45) is -2.43. The van der Waals surface area contributed by atoms with E-state index >= 15 is 0 Å². The number of nitrogens with zero attached hydrogens (tertiary/aromatic N) is 1. The van der Waals surface area contributed by atoms with Crippen LogP contribution in [0.5, 0.6) is 0 Å². The lowest BCUT2D eigenvalue weighted by Gasteiger charge is -2.13. The fourth-order valence-electron chi connectivity index (χ4n) is 2.86. The van der Waals surface area contributed by atoms with Crippen LogP contribution in [0, 0.1) is 0 Å². The van der Waals surface area contributed by atoms with Crippen molar-refractivity contribution >= 4 is 22.6 Å². The molecule has 2 aromatic carbocycles. The van der Waals surface area contributed by atoms with Crippen molar-refractivity contribution in [3.05, 3.63) is 82.7 Å². The van der Waals surface area contributed by atoms with Crippen LogP contribution in [0.2, 0.25) is 0 Å². The number of oxazole rings is 1. The topological polar surface area (TPSA) is 85.3 Å². The number of amides is 1. The fraction of sp³-hybridized carbons (Fsp3) is 0.0500. The van der Waals surface area contributed by atoms with E-state index in [9.17, 15) is 22.8 Å². The number of carbonyl (C=O) groups is 1. The molecule has 0 saturated carbocycles. The van der Waals surface area contributed by atoms with Crippen molar-refractivity contribution in [2.45, 2.75) is 6.18 Å². The second kappa shape index (κ2) is 6.93. The number of para-hydroxylation sites is 1. The number of fused-ring (bicyclic) bond motifs is 1. The van der Waals surface area contributed by atoms with Gasteiger partial charge < -0.3 is 14.2 Å². The van der Waals surface area contributed by atoms with Crippen LogP contribution in [0.25, 0.3) is 22.3 Å². The van der Waals surface area contributed by atoms with E-state index in [1.165, 1.54) is 36.4 Å². The minimum absolute atomic E-state index is 0.0112. The van der Waals surface area contributed by atoms with Gasteiger partial charge in [0.05, 0.1) is 16.6 Å². The van der Waals surface area contributed by atoms with Crippen LogP contribution in [0.15, 0.2) is 74.8 Å². The molecule has 29 heavy (non-hydrogen) atoms. The summed E-state index contributed by atoms with van der Waals surface area (Å²) in [5, 5.41) is 2.63. The third-order valence-corrected chi connectivity index (χ3v) is 4.17. The summed E-state index contributed by atoms with van der Waals surface area (Å²) in [7, 11) is 0. The van der Waals surface area contributed by atoms with E-state index in [-0.39, 0.29) is 33.7 Å². The number of alkyl halides is 3. The molecule has 0 spiro atoms. The molecule has 2 aromatic heterocycles. The lowest BCUT2D eigenvalue weighted by Crippen LogP contribution is -2.13. The quantitative estimate of drug-likeness (QED) is 0.538. The molecule has 9 heteroatoms. The van der Waals surface area contributed by atoms with Gasteiger partial charge >= 0.3 is 6.18 Å². The Morgan fingerprint density at radius 1 is 1.07 bits per heavy atom. The highest BCUT2D eigenvalue weighted by Gasteiger charge is 2.34. The molecule has 0 aliphatic carbocycles. The van der Waals surface area contributed by atoms with E-state index in [1.807, 2.05) is 0 Å². The molecular weight excluding hydrogens is 389 g/mol. The number of aromatic nitrogens is 1. The number of rotatable bonds is 3. The van der Waals surface area contributed by atoms with Crippen LogP contribution in [-0.4, -0.2) is 10.9 Å². The van der Waals surface area contributed by atoms with Gasteiger partial charge in [-0.05, 0) is 18.2 Å². The molecule has 1 N–H and O–H groups in total. The van der Waals surface area contributed by atoms with Crippen LogP contribution in [-0.2, 0) is 6.18 Å². The molecule has 6 nitrogen and oxygen atoms in total. The Balaban J connectivity index is 1.87. The maximum Gasteiger partial charge on any atom is 0.417 e. The minimum Gasteiger partial charge on any atom is -0.454 e. The Kier molecular flexibility index (Phi) is 4.42. The smallest absolute Gasteiger partial charge is 0.417 e. The van der Waals surface area contributed by atoms with Crippen molar-refractivity contribution in [3.8, 4) is 11.3 Å². The first-order valence-electron chi connectivity index (χ1n) is 8.27. The summed E-state index contributed by atoms with van der Waals surface area (Å²) in [6, 6.07) is 10.2. The van der Waals surface area contributed by atoms with Crippen LogP contribution < -0.4 is 10.7 Å². The standard InChI is InChI=1S/C20H11F3N2O4/c21-20(22,23)13-6-2-1-4-11(13)17-8-16(26)12-5-3-7-14(18(12)29-17)25-19(27)15-9-28-10-24-15/h1-10H,(H,25,27). The molecule has 0 bridgehead atoms. The fourth-order valence-corrected chi connectivity index (χ4v) is 2.86. The predicted octanol–water partition coefficient (Wildman–Crippen LogP) is 4.72. The number of anilines is 1. The normalized spacial score (nSPS) is 11.6.